The van der Waals surface area contributed by atoms with Gasteiger partial charge in [-0.15, -0.1) is 0 Å². The first kappa shape index (κ1) is 12.8. The maximum Gasteiger partial charge on any atom is 0.119 e. The first-order chi connectivity index (χ1) is 7.04. The largest absolute Gasteiger partial charge is 0.494 e. The summed E-state index contributed by atoms with van der Waals surface area (Å²) in [4.78, 5) is 0. The van der Waals surface area contributed by atoms with Crippen molar-refractivity contribution in [3.8, 4) is 5.75 Å². The van der Waals surface area contributed by atoms with Gasteiger partial charge in [0.1, 0.15) is 5.75 Å². The van der Waals surface area contributed by atoms with Crippen LogP contribution >= 0.6 is 22.6 Å². The van der Waals surface area contributed by atoms with E-state index in [4.69, 9.17) is 4.74 Å². The van der Waals surface area contributed by atoms with Gasteiger partial charge in [-0.25, -0.2) is 0 Å². The predicted octanol–water partition coefficient (Wildman–Crippen LogP) is 4.19. The van der Waals surface area contributed by atoms with Gasteiger partial charge in [-0.05, 0) is 29.5 Å². The van der Waals surface area contributed by atoms with Crippen molar-refractivity contribution in [2.24, 2.45) is 0 Å². The fraction of sp³-hybridized carbons (Fsp3) is 0.538. The SMILES string of the molecule is CC(C)(C)c1cccc(OCCCI)c1. The topological polar surface area (TPSA) is 9.23 Å². The summed E-state index contributed by atoms with van der Waals surface area (Å²) in [5, 5.41) is 0. The van der Waals surface area contributed by atoms with Gasteiger partial charge in [-0.1, -0.05) is 55.5 Å². The average Bonchev–Trinajstić information content (AvgIpc) is 2.17. The molecule has 0 heterocycles. The smallest absolute Gasteiger partial charge is 0.119 e. The van der Waals surface area contributed by atoms with E-state index in [1.165, 1.54) is 5.56 Å². The molecule has 0 spiro atoms. The Hall–Kier alpha value is -0.250. The molecule has 0 unspecified atom stereocenters. The highest BCUT2D eigenvalue weighted by atomic mass is 127. The Bertz CT molecular complexity index is 302. The minimum atomic E-state index is 0.197. The zero-order valence-corrected chi connectivity index (χ0v) is 11.9. The van der Waals surface area contributed by atoms with Gasteiger partial charge in [-0.2, -0.15) is 0 Å². The highest BCUT2D eigenvalue weighted by Gasteiger charge is 2.13. The summed E-state index contributed by atoms with van der Waals surface area (Å²) >= 11 is 2.37. The lowest BCUT2D eigenvalue weighted by molar-refractivity contribution is 0.318. The Morgan fingerprint density at radius 2 is 2.00 bits per heavy atom. The number of hydrogen-bond acceptors (Lipinski definition) is 1. The number of halogens is 1. The summed E-state index contributed by atoms with van der Waals surface area (Å²) in [6.07, 6.45) is 1.11. The number of alkyl halides is 1. The van der Waals surface area contributed by atoms with Gasteiger partial charge in [0.05, 0.1) is 6.61 Å². The molecule has 0 saturated carbocycles. The third kappa shape index (κ3) is 4.41. The molecule has 0 aromatic heterocycles. The molecule has 2 heteroatoms. The maximum absolute atomic E-state index is 5.68. The number of benzene rings is 1. The van der Waals surface area contributed by atoms with Crippen LogP contribution in [0.2, 0.25) is 0 Å². The van der Waals surface area contributed by atoms with E-state index in [1.54, 1.807) is 0 Å². The lowest BCUT2D eigenvalue weighted by atomic mass is 9.87. The van der Waals surface area contributed by atoms with Crippen LogP contribution in [0.15, 0.2) is 24.3 Å². The van der Waals surface area contributed by atoms with E-state index >= 15 is 0 Å². The molecule has 0 radical (unpaired) electrons. The molecule has 0 amide bonds. The second-order valence-electron chi connectivity index (χ2n) is 4.67. The summed E-state index contributed by atoms with van der Waals surface area (Å²) in [7, 11) is 0. The number of hydrogen-bond donors (Lipinski definition) is 0. The normalized spacial score (nSPS) is 11.5. The summed E-state index contributed by atoms with van der Waals surface area (Å²) < 4.78 is 6.83. The van der Waals surface area contributed by atoms with Gasteiger partial charge in [0, 0.05) is 4.43 Å². The Labute approximate surface area is 106 Å². The maximum atomic E-state index is 5.68. The molecule has 1 rings (SSSR count). The van der Waals surface area contributed by atoms with Crippen LogP contribution in [0.4, 0.5) is 0 Å². The molecule has 15 heavy (non-hydrogen) atoms. The molecular formula is C13H19IO. The van der Waals surface area contributed by atoms with Crippen molar-refractivity contribution < 1.29 is 4.74 Å². The highest BCUT2D eigenvalue weighted by Crippen LogP contribution is 2.25. The summed E-state index contributed by atoms with van der Waals surface area (Å²) in [6.45, 7) is 7.47. The van der Waals surface area contributed by atoms with E-state index < -0.39 is 0 Å². The third-order valence-corrected chi connectivity index (χ3v) is 3.01. The van der Waals surface area contributed by atoms with Gasteiger partial charge < -0.3 is 4.74 Å². The van der Waals surface area contributed by atoms with Crippen LogP contribution in [0.3, 0.4) is 0 Å². The molecule has 0 aliphatic heterocycles. The van der Waals surface area contributed by atoms with E-state index in [0.717, 1.165) is 23.2 Å². The molecule has 0 bridgehead atoms. The molecule has 1 nitrogen and oxygen atoms in total. The van der Waals surface area contributed by atoms with E-state index in [1.807, 2.05) is 6.07 Å². The second-order valence-corrected chi connectivity index (χ2v) is 5.75. The third-order valence-electron chi connectivity index (χ3n) is 2.25. The molecular weight excluding hydrogens is 299 g/mol. The van der Waals surface area contributed by atoms with Gasteiger partial charge in [-0.3, -0.25) is 0 Å². The fourth-order valence-electron chi connectivity index (χ4n) is 1.30. The predicted molar refractivity (Wildman–Crippen MR) is 74.1 cm³/mol. The van der Waals surface area contributed by atoms with Crippen molar-refractivity contribution in [3.63, 3.8) is 0 Å². The molecule has 0 aliphatic carbocycles. The molecule has 0 N–H and O–H groups in total. The average molecular weight is 318 g/mol. The number of ether oxygens (including phenoxy) is 1. The van der Waals surface area contributed by atoms with Crippen LogP contribution in [0.1, 0.15) is 32.8 Å². The van der Waals surface area contributed by atoms with Crippen molar-refractivity contribution >= 4 is 22.6 Å². The monoisotopic (exact) mass is 318 g/mol. The Kier molecular flexibility index (Phi) is 4.90. The second kappa shape index (κ2) is 5.73. The summed E-state index contributed by atoms with van der Waals surface area (Å²) in [5.41, 5.74) is 1.53. The Morgan fingerprint density at radius 3 is 2.60 bits per heavy atom. The minimum Gasteiger partial charge on any atom is -0.494 e. The van der Waals surface area contributed by atoms with Gasteiger partial charge >= 0.3 is 0 Å². The van der Waals surface area contributed by atoms with Crippen LogP contribution in [0.25, 0.3) is 0 Å². The molecule has 0 saturated heterocycles. The number of rotatable bonds is 4. The zero-order chi connectivity index (χ0) is 11.3. The first-order valence-corrected chi connectivity index (χ1v) is 6.86. The standard InChI is InChI=1S/C13H19IO/c1-13(2,3)11-6-4-7-12(10-11)15-9-5-8-14/h4,6-7,10H,5,8-9H2,1-3H3. The van der Waals surface area contributed by atoms with Crippen molar-refractivity contribution in [2.75, 3.05) is 11.0 Å². The molecule has 84 valence electrons. The van der Waals surface area contributed by atoms with Crippen LogP contribution in [0.5, 0.6) is 5.75 Å². The van der Waals surface area contributed by atoms with Gasteiger partial charge in [0.15, 0.2) is 0 Å². The van der Waals surface area contributed by atoms with Gasteiger partial charge in [0.25, 0.3) is 0 Å². The van der Waals surface area contributed by atoms with Crippen molar-refractivity contribution in [2.45, 2.75) is 32.6 Å². The van der Waals surface area contributed by atoms with Crippen LogP contribution in [-0.2, 0) is 5.41 Å². The summed E-state index contributed by atoms with van der Waals surface area (Å²) in [5.74, 6) is 0.993. The van der Waals surface area contributed by atoms with Crippen molar-refractivity contribution in [3.05, 3.63) is 29.8 Å². The zero-order valence-electron chi connectivity index (χ0n) is 9.72. The van der Waals surface area contributed by atoms with E-state index in [-0.39, 0.29) is 5.41 Å². The minimum absolute atomic E-state index is 0.197. The summed E-state index contributed by atoms with van der Waals surface area (Å²) in [6, 6.07) is 8.40. The highest BCUT2D eigenvalue weighted by molar-refractivity contribution is 14.1. The van der Waals surface area contributed by atoms with E-state index in [9.17, 15) is 0 Å². The van der Waals surface area contributed by atoms with E-state index in [0.29, 0.717) is 0 Å². The van der Waals surface area contributed by atoms with Crippen LogP contribution in [0, 0.1) is 0 Å². The fourth-order valence-corrected chi connectivity index (χ4v) is 1.61. The molecule has 0 atom stereocenters. The van der Waals surface area contributed by atoms with Crippen molar-refractivity contribution in [1.29, 1.82) is 0 Å². The van der Waals surface area contributed by atoms with Gasteiger partial charge in [0.2, 0.25) is 0 Å². The molecule has 1 aromatic carbocycles. The Morgan fingerprint density at radius 1 is 1.27 bits per heavy atom. The lowest BCUT2D eigenvalue weighted by Crippen LogP contribution is -2.11. The van der Waals surface area contributed by atoms with E-state index in [2.05, 4.69) is 61.6 Å². The molecule has 0 aliphatic rings. The van der Waals surface area contributed by atoms with Crippen LogP contribution < -0.4 is 4.74 Å². The first-order valence-electron chi connectivity index (χ1n) is 5.33. The molecule has 1 aromatic rings. The van der Waals surface area contributed by atoms with Crippen LogP contribution in [-0.4, -0.2) is 11.0 Å². The lowest BCUT2D eigenvalue weighted by Gasteiger charge is -2.19. The molecule has 0 fully saturated rings. The Balaban J connectivity index is 2.66. The van der Waals surface area contributed by atoms with Crippen molar-refractivity contribution in [1.82, 2.24) is 0 Å². The quantitative estimate of drug-likeness (QED) is 0.459.